The van der Waals surface area contributed by atoms with Crippen molar-refractivity contribution in [1.82, 2.24) is 0 Å². The number of hydrogen-bond acceptors (Lipinski definition) is 2. The zero-order valence-electron chi connectivity index (χ0n) is 7.62. The molecule has 0 amide bonds. The fourth-order valence-electron chi connectivity index (χ4n) is 1.68. The number of ether oxygens (including phenoxy) is 1. The summed E-state index contributed by atoms with van der Waals surface area (Å²) >= 11 is 0. The Kier molecular flexibility index (Phi) is 3.17. The Bertz CT molecular complexity index is 299. The molecule has 0 bridgehead atoms. The highest BCUT2D eigenvalue weighted by atomic mass is 35.5. The molecular formula is C10H14ClNO. The first-order valence-electron chi connectivity index (χ1n) is 4.29. The van der Waals surface area contributed by atoms with Gasteiger partial charge in [0.25, 0.3) is 0 Å². The summed E-state index contributed by atoms with van der Waals surface area (Å²) in [6, 6.07) is 6.21. The molecule has 1 aromatic carbocycles. The Morgan fingerprint density at radius 1 is 1.46 bits per heavy atom. The van der Waals surface area contributed by atoms with Gasteiger partial charge in [0.05, 0.1) is 6.61 Å². The van der Waals surface area contributed by atoms with E-state index >= 15 is 0 Å². The van der Waals surface area contributed by atoms with E-state index in [0.29, 0.717) is 0 Å². The van der Waals surface area contributed by atoms with Crippen molar-refractivity contribution in [2.75, 3.05) is 6.61 Å². The van der Waals surface area contributed by atoms with Gasteiger partial charge >= 0.3 is 0 Å². The molecule has 2 N–H and O–H groups in total. The van der Waals surface area contributed by atoms with Crippen LogP contribution in [0.5, 0.6) is 5.75 Å². The van der Waals surface area contributed by atoms with Gasteiger partial charge < -0.3 is 10.5 Å². The van der Waals surface area contributed by atoms with Gasteiger partial charge in [-0.3, -0.25) is 0 Å². The highest BCUT2D eigenvalue weighted by Crippen LogP contribution is 2.30. The SMILES string of the molecule is CC(N)c1cccc2c1CCO2.Cl. The van der Waals surface area contributed by atoms with Gasteiger partial charge in [-0.15, -0.1) is 12.4 Å². The number of rotatable bonds is 1. The molecule has 0 aliphatic carbocycles. The van der Waals surface area contributed by atoms with Crippen molar-refractivity contribution < 1.29 is 4.74 Å². The van der Waals surface area contributed by atoms with Crippen LogP contribution in [0.15, 0.2) is 18.2 Å². The average Bonchev–Trinajstić information content (AvgIpc) is 2.49. The number of nitrogens with two attached hydrogens (primary N) is 1. The van der Waals surface area contributed by atoms with Gasteiger partial charge in [0, 0.05) is 18.0 Å². The van der Waals surface area contributed by atoms with E-state index in [1.165, 1.54) is 11.1 Å². The summed E-state index contributed by atoms with van der Waals surface area (Å²) < 4.78 is 5.43. The van der Waals surface area contributed by atoms with Crippen LogP contribution in [-0.4, -0.2) is 6.61 Å². The van der Waals surface area contributed by atoms with Crippen molar-refractivity contribution in [2.24, 2.45) is 5.73 Å². The Labute approximate surface area is 84.5 Å². The van der Waals surface area contributed by atoms with Crippen LogP contribution in [0.2, 0.25) is 0 Å². The molecule has 72 valence electrons. The van der Waals surface area contributed by atoms with Crippen LogP contribution in [0.25, 0.3) is 0 Å². The first-order valence-corrected chi connectivity index (χ1v) is 4.29. The molecule has 1 heterocycles. The lowest BCUT2D eigenvalue weighted by Gasteiger charge is -2.09. The largest absolute Gasteiger partial charge is 0.493 e. The summed E-state index contributed by atoms with van der Waals surface area (Å²) in [7, 11) is 0. The van der Waals surface area contributed by atoms with Crippen molar-refractivity contribution in [1.29, 1.82) is 0 Å². The molecule has 3 heteroatoms. The highest BCUT2D eigenvalue weighted by molar-refractivity contribution is 5.85. The van der Waals surface area contributed by atoms with Crippen LogP contribution in [0.3, 0.4) is 0 Å². The van der Waals surface area contributed by atoms with Crippen LogP contribution < -0.4 is 10.5 Å². The van der Waals surface area contributed by atoms with Gasteiger partial charge in [0.1, 0.15) is 5.75 Å². The van der Waals surface area contributed by atoms with E-state index in [1.807, 2.05) is 19.1 Å². The van der Waals surface area contributed by atoms with Gasteiger partial charge in [-0.05, 0) is 18.6 Å². The molecule has 1 aromatic rings. The van der Waals surface area contributed by atoms with Crippen molar-refractivity contribution in [3.8, 4) is 5.75 Å². The molecular weight excluding hydrogens is 186 g/mol. The Balaban J connectivity index is 0.000000845. The third-order valence-corrected chi connectivity index (χ3v) is 2.27. The maximum Gasteiger partial charge on any atom is 0.122 e. The molecule has 0 saturated heterocycles. The lowest BCUT2D eigenvalue weighted by atomic mass is 10.0. The lowest BCUT2D eigenvalue weighted by molar-refractivity contribution is 0.357. The predicted octanol–water partition coefficient (Wildman–Crippen LogP) is 2.06. The summed E-state index contributed by atoms with van der Waals surface area (Å²) in [6.45, 7) is 2.81. The van der Waals surface area contributed by atoms with E-state index in [9.17, 15) is 0 Å². The molecule has 2 nitrogen and oxygen atoms in total. The van der Waals surface area contributed by atoms with Gasteiger partial charge in [-0.2, -0.15) is 0 Å². The number of fused-ring (bicyclic) bond motifs is 1. The quantitative estimate of drug-likeness (QED) is 0.752. The number of hydrogen-bond donors (Lipinski definition) is 1. The molecule has 0 fully saturated rings. The van der Waals surface area contributed by atoms with E-state index in [-0.39, 0.29) is 18.4 Å². The molecule has 1 atom stereocenters. The number of halogens is 1. The zero-order valence-corrected chi connectivity index (χ0v) is 8.43. The zero-order chi connectivity index (χ0) is 8.55. The fraction of sp³-hybridized carbons (Fsp3) is 0.400. The summed E-state index contributed by atoms with van der Waals surface area (Å²) in [6.07, 6.45) is 1.01. The topological polar surface area (TPSA) is 35.2 Å². The van der Waals surface area contributed by atoms with E-state index < -0.39 is 0 Å². The molecule has 0 radical (unpaired) electrons. The van der Waals surface area contributed by atoms with Gasteiger partial charge in [-0.1, -0.05) is 12.1 Å². The summed E-state index contributed by atoms with van der Waals surface area (Å²) in [5.41, 5.74) is 8.36. The van der Waals surface area contributed by atoms with E-state index in [2.05, 4.69) is 6.07 Å². The van der Waals surface area contributed by atoms with Gasteiger partial charge in [0.15, 0.2) is 0 Å². The minimum absolute atomic E-state index is 0. The molecule has 1 aliphatic heterocycles. The second kappa shape index (κ2) is 3.99. The fourth-order valence-corrected chi connectivity index (χ4v) is 1.68. The van der Waals surface area contributed by atoms with E-state index in [4.69, 9.17) is 10.5 Å². The van der Waals surface area contributed by atoms with E-state index in [0.717, 1.165) is 18.8 Å². The smallest absolute Gasteiger partial charge is 0.122 e. The Morgan fingerprint density at radius 2 is 2.23 bits per heavy atom. The highest BCUT2D eigenvalue weighted by Gasteiger charge is 2.16. The van der Waals surface area contributed by atoms with Crippen LogP contribution in [0, 0.1) is 0 Å². The van der Waals surface area contributed by atoms with E-state index in [1.54, 1.807) is 0 Å². The average molecular weight is 200 g/mol. The molecule has 0 aromatic heterocycles. The van der Waals surface area contributed by atoms with Crippen LogP contribution in [-0.2, 0) is 6.42 Å². The van der Waals surface area contributed by atoms with Crippen molar-refractivity contribution in [2.45, 2.75) is 19.4 Å². The summed E-state index contributed by atoms with van der Waals surface area (Å²) in [4.78, 5) is 0. The summed E-state index contributed by atoms with van der Waals surface area (Å²) in [5.74, 6) is 1.02. The van der Waals surface area contributed by atoms with Crippen molar-refractivity contribution in [3.05, 3.63) is 29.3 Å². The normalized spacial score (nSPS) is 15.5. The van der Waals surface area contributed by atoms with Crippen molar-refractivity contribution in [3.63, 3.8) is 0 Å². The monoisotopic (exact) mass is 199 g/mol. The van der Waals surface area contributed by atoms with Crippen molar-refractivity contribution >= 4 is 12.4 Å². The first kappa shape index (κ1) is 10.4. The maximum absolute atomic E-state index is 5.83. The minimum Gasteiger partial charge on any atom is -0.493 e. The van der Waals surface area contributed by atoms with Gasteiger partial charge in [-0.25, -0.2) is 0 Å². The lowest BCUT2D eigenvalue weighted by Crippen LogP contribution is -2.07. The van der Waals surface area contributed by atoms with Crippen LogP contribution in [0.4, 0.5) is 0 Å². The van der Waals surface area contributed by atoms with Gasteiger partial charge in [0.2, 0.25) is 0 Å². The Hall–Kier alpha value is -0.730. The van der Waals surface area contributed by atoms with Crippen LogP contribution >= 0.6 is 12.4 Å². The molecule has 1 aliphatic rings. The second-order valence-electron chi connectivity index (χ2n) is 3.21. The molecule has 2 rings (SSSR count). The van der Waals surface area contributed by atoms with Crippen LogP contribution in [0.1, 0.15) is 24.1 Å². The maximum atomic E-state index is 5.83. The minimum atomic E-state index is 0. The molecule has 0 spiro atoms. The predicted molar refractivity (Wildman–Crippen MR) is 55.5 cm³/mol. The number of benzene rings is 1. The standard InChI is InChI=1S/C10H13NO.ClH/c1-7(11)8-3-2-4-10-9(8)5-6-12-10;/h2-4,7H,5-6,11H2,1H3;1H. The first-order chi connectivity index (χ1) is 5.79. The second-order valence-corrected chi connectivity index (χ2v) is 3.21. The summed E-state index contributed by atoms with van der Waals surface area (Å²) in [5, 5.41) is 0. The molecule has 13 heavy (non-hydrogen) atoms. The Morgan fingerprint density at radius 3 is 2.92 bits per heavy atom. The molecule has 1 unspecified atom stereocenters. The third-order valence-electron chi connectivity index (χ3n) is 2.27. The third kappa shape index (κ3) is 1.79. The molecule has 0 saturated carbocycles.